The quantitative estimate of drug-likeness (QED) is 0.238. The third kappa shape index (κ3) is 8.31. The number of para-hydroxylation sites is 1. The van der Waals surface area contributed by atoms with E-state index >= 15 is 0 Å². The van der Waals surface area contributed by atoms with Crippen LogP contribution in [0.4, 0.5) is 0 Å². The number of carbonyl (C=O) groups excluding carboxylic acids is 3. The Bertz CT molecular complexity index is 1090. The highest BCUT2D eigenvalue weighted by Crippen LogP contribution is 2.19. The maximum absolute atomic E-state index is 13.4. The maximum Gasteiger partial charge on any atom is 0.326 e. The lowest BCUT2D eigenvalue weighted by molar-refractivity contribution is -0.143. The molecule has 1 aromatic carbocycles. The second kappa shape index (κ2) is 13.2. The standard InChI is InChI=1S/C27H41N5O5/c1-14(2)11-19(28)24(33)31-22(15(3)4)26(35)30-21(25(34)32-23(16(5)6)27(36)37)12-17-13-29-20-10-8-7-9-18(17)20/h7-10,13-16,19,21-23,29H,11-12,28H2,1-6H3,(H,30,35)(H,31,33)(H,32,34)(H,36,37). The second-order valence-corrected chi connectivity index (χ2v) is 10.7. The number of aliphatic carboxylic acids is 1. The van der Waals surface area contributed by atoms with E-state index in [2.05, 4.69) is 20.9 Å². The number of rotatable bonds is 13. The smallest absolute Gasteiger partial charge is 0.326 e. The highest BCUT2D eigenvalue weighted by Gasteiger charge is 2.33. The van der Waals surface area contributed by atoms with Crippen LogP contribution in [0.1, 0.15) is 53.5 Å². The Morgan fingerprint density at radius 2 is 1.46 bits per heavy atom. The summed E-state index contributed by atoms with van der Waals surface area (Å²) in [6.07, 6.45) is 2.36. The molecule has 7 N–H and O–H groups in total. The molecule has 0 aliphatic heterocycles. The summed E-state index contributed by atoms with van der Waals surface area (Å²) in [5.74, 6) is -3.20. The van der Waals surface area contributed by atoms with Crippen molar-refractivity contribution in [2.75, 3.05) is 0 Å². The normalized spacial score (nSPS) is 14.9. The monoisotopic (exact) mass is 515 g/mol. The van der Waals surface area contributed by atoms with Crippen molar-refractivity contribution in [2.45, 2.75) is 78.6 Å². The fourth-order valence-corrected chi connectivity index (χ4v) is 4.17. The summed E-state index contributed by atoms with van der Waals surface area (Å²) >= 11 is 0. The largest absolute Gasteiger partial charge is 0.480 e. The summed E-state index contributed by atoms with van der Waals surface area (Å²) in [5.41, 5.74) is 7.67. The molecule has 2 aromatic rings. The number of aromatic nitrogens is 1. The Balaban J connectivity index is 2.30. The number of benzene rings is 1. The molecule has 204 valence electrons. The van der Waals surface area contributed by atoms with Gasteiger partial charge in [-0.05, 0) is 35.8 Å². The number of carboxylic acid groups (broad SMARTS) is 1. The molecule has 0 aliphatic carbocycles. The van der Waals surface area contributed by atoms with E-state index in [1.807, 2.05) is 38.1 Å². The van der Waals surface area contributed by atoms with E-state index in [0.29, 0.717) is 6.42 Å². The van der Waals surface area contributed by atoms with Gasteiger partial charge in [-0.3, -0.25) is 14.4 Å². The molecular formula is C27H41N5O5. The Morgan fingerprint density at radius 1 is 0.865 bits per heavy atom. The number of hydrogen-bond donors (Lipinski definition) is 6. The van der Waals surface area contributed by atoms with Gasteiger partial charge in [0.15, 0.2) is 0 Å². The number of nitrogens with one attached hydrogen (secondary N) is 4. The van der Waals surface area contributed by atoms with Crippen molar-refractivity contribution in [2.24, 2.45) is 23.5 Å². The van der Waals surface area contributed by atoms with Crippen LogP contribution in [-0.2, 0) is 25.6 Å². The van der Waals surface area contributed by atoms with E-state index in [-0.39, 0.29) is 24.2 Å². The van der Waals surface area contributed by atoms with E-state index in [1.54, 1.807) is 33.9 Å². The lowest BCUT2D eigenvalue weighted by Gasteiger charge is -2.27. The van der Waals surface area contributed by atoms with Crippen LogP contribution in [-0.4, -0.2) is 57.9 Å². The minimum absolute atomic E-state index is 0.123. The molecule has 1 aromatic heterocycles. The van der Waals surface area contributed by atoms with Crippen LogP contribution in [0.2, 0.25) is 0 Å². The Morgan fingerprint density at radius 3 is 2.03 bits per heavy atom. The number of H-pyrrole nitrogens is 1. The first kappa shape index (κ1) is 29.8. The van der Waals surface area contributed by atoms with Gasteiger partial charge in [0.25, 0.3) is 0 Å². The predicted molar refractivity (Wildman–Crippen MR) is 143 cm³/mol. The minimum Gasteiger partial charge on any atom is -0.480 e. The van der Waals surface area contributed by atoms with Crippen LogP contribution in [0.25, 0.3) is 10.9 Å². The molecule has 10 heteroatoms. The summed E-state index contributed by atoms with van der Waals surface area (Å²) in [6.45, 7) is 10.9. The van der Waals surface area contributed by atoms with Crippen molar-refractivity contribution >= 4 is 34.6 Å². The first-order chi connectivity index (χ1) is 17.3. The van der Waals surface area contributed by atoms with Gasteiger partial charge in [-0.2, -0.15) is 0 Å². The zero-order valence-electron chi connectivity index (χ0n) is 22.5. The Hall–Kier alpha value is -3.40. The molecule has 0 radical (unpaired) electrons. The van der Waals surface area contributed by atoms with Crippen molar-refractivity contribution in [3.05, 3.63) is 36.0 Å². The van der Waals surface area contributed by atoms with Crippen LogP contribution >= 0.6 is 0 Å². The highest BCUT2D eigenvalue weighted by atomic mass is 16.4. The number of hydrogen-bond acceptors (Lipinski definition) is 5. The van der Waals surface area contributed by atoms with Crippen LogP contribution < -0.4 is 21.7 Å². The maximum atomic E-state index is 13.4. The number of carbonyl (C=O) groups is 4. The molecule has 0 bridgehead atoms. The lowest BCUT2D eigenvalue weighted by Crippen LogP contribution is -2.59. The third-order valence-corrected chi connectivity index (χ3v) is 6.27. The van der Waals surface area contributed by atoms with Gasteiger partial charge in [0, 0.05) is 23.5 Å². The van der Waals surface area contributed by atoms with Gasteiger partial charge in [0.2, 0.25) is 17.7 Å². The van der Waals surface area contributed by atoms with E-state index in [1.165, 1.54) is 0 Å². The van der Waals surface area contributed by atoms with Crippen molar-refractivity contribution in [1.29, 1.82) is 0 Å². The van der Waals surface area contributed by atoms with E-state index < -0.39 is 47.9 Å². The van der Waals surface area contributed by atoms with Crippen LogP contribution in [0.3, 0.4) is 0 Å². The van der Waals surface area contributed by atoms with Gasteiger partial charge in [-0.25, -0.2) is 4.79 Å². The first-order valence-corrected chi connectivity index (χ1v) is 12.8. The van der Waals surface area contributed by atoms with Gasteiger partial charge in [0.1, 0.15) is 18.1 Å². The van der Waals surface area contributed by atoms with Gasteiger partial charge in [-0.1, -0.05) is 59.7 Å². The first-order valence-electron chi connectivity index (χ1n) is 12.8. The molecule has 2 rings (SSSR count). The molecule has 37 heavy (non-hydrogen) atoms. The van der Waals surface area contributed by atoms with Gasteiger partial charge in [-0.15, -0.1) is 0 Å². The summed E-state index contributed by atoms with van der Waals surface area (Å²) in [5, 5.41) is 18.5. The summed E-state index contributed by atoms with van der Waals surface area (Å²) in [7, 11) is 0. The topological polar surface area (TPSA) is 166 Å². The Labute approximate surface area is 218 Å². The fraction of sp³-hybridized carbons (Fsp3) is 0.556. The summed E-state index contributed by atoms with van der Waals surface area (Å²) in [6, 6.07) is 3.67. The average molecular weight is 516 g/mol. The van der Waals surface area contributed by atoms with Crippen molar-refractivity contribution in [3.63, 3.8) is 0 Å². The SMILES string of the molecule is CC(C)CC(N)C(=O)NC(C(=O)NC(Cc1c[nH]c2ccccc12)C(=O)NC(C(=O)O)C(C)C)C(C)C. The molecule has 3 amide bonds. The lowest BCUT2D eigenvalue weighted by atomic mass is 9.98. The fourth-order valence-electron chi connectivity index (χ4n) is 4.17. The molecule has 0 saturated carbocycles. The Kier molecular flexibility index (Phi) is 10.7. The number of carboxylic acids is 1. The molecule has 0 spiro atoms. The van der Waals surface area contributed by atoms with Crippen molar-refractivity contribution in [3.8, 4) is 0 Å². The zero-order valence-corrected chi connectivity index (χ0v) is 22.5. The number of aromatic amines is 1. The van der Waals surface area contributed by atoms with E-state index in [0.717, 1.165) is 16.5 Å². The average Bonchev–Trinajstić information content (AvgIpc) is 3.21. The molecule has 4 unspecified atom stereocenters. The van der Waals surface area contributed by atoms with Crippen LogP contribution in [0, 0.1) is 17.8 Å². The van der Waals surface area contributed by atoms with Crippen molar-refractivity contribution < 1.29 is 24.3 Å². The minimum atomic E-state index is -1.16. The summed E-state index contributed by atoms with van der Waals surface area (Å²) in [4.78, 5) is 54.2. The van der Waals surface area contributed by atoms with Crippen LogP contribution in [0.15, 0.2) is 30.5 Å². The van der Waals surface area contributed by atoms with Gasteiger partial charge < -0.3 is 31.8 Å². The number of amides is 3. The predicted octanol–water partition coefficient (Wildman–Crippen LogP) is 1.93. The highest BCUT2D eigenvalue weighted by molar-refractivity contribution is 5.95. The van der Waals surface area contributed by atoms with Crippen LogP contribution in [0.5, 0.6) is 0 Å². The molecule has 4 atom stereocenters. The van der Waals surface area contributed by atoms with Crippen molar-refractivity contribution in [1.82, 2.24) is 20.9 Å². The summed E-state index contributed by atoms with van der Waals surface area (Å²) < 4.78 is 0. The number of nitrogens with two attached hydrogens (primary N) is 1. The molecule has 0 fully saturated rings. The molecule has 10 nitrogen and oxygen atoms in total. The molecular weight excluding hydrogens is 474 g/mol. The second-order valence-electron chi connectivity index (χ2n) is 10.7. The van der Waals surface area contributed by atoms with Gasteiger partial charge >= 0.3 is 5.97 Å². The van der Waals surface area contributed by atoms with E-state index in [4.69, 9.17) is 5.73 Å². The zero-order chi connectivity index (χ0) is 27.9. The van der Waals surface area contributed by atoms with E-state index in [9.17, 15) is 24.3 Å². The third-order valence-electron chi connectivity index (χ3n) is 6.27. The number of fused-ring (bicyclic) bond motifs is 1. The van der Waals surface area contributed by atoms with Gasteiger partial charge in [0.05, 0.1) is 6.04 Å². The molecule has 0 saturated heterocycles. The molecule has 0 aliphatic rings. The molecule has 1 heterocycles.